The molecule has 0 unspecified atom stereocenters. The predicted octanol–water partition coefficient (Wildman–Crippen LogP) is 0.646. The Morgan fingerprint density at radius 1 is 1.55 bits per heavy atom. The Morgan fingerprint density at radius 3 is 2.73 bits per heavy atom. The van der Waals surface area contributed by atoms with E-state index in [0.717, 1.165) is 0 Å². The van der Waals surface area contributed by atoms with Crippen molar-refractivity contribution in [1.82, 2.24) is 9.97 Å². The topological polar surface area (TPSA) is 83.3 Å². The quantitative estimate of drug-likeness (QED) is 0.649. The molecule has 0 spiro atoms. The van der Waals surface area contributed by atoms with Gasteiger partial charge in [-0.1, -0.05) is 0 Å². The van der Waals surface area contributed by atoms with Gasteiger partial charge in [-0.3, -0.25) is 14.5 Å². The molecule has 11 heavy (non-hydrogen) atoms. The van der Waals surface area contributed by atoms with Gasteiger partial charge in [-0.25, -0.2) is 0 Å². The molecule has 0 saturated heterocycles. The summed E-state index contributed by atoms with van der Waals surface area (Å²) in [5.41, 5.74) is 0.306. The highest BCUT2D eigenvalue weighted by Crippen LogP contribution is 2.37. The summed E-state index contributed by atoms with van der Waals surface area (Å²) in [5, 5.41) is 0. The molecule has 1 aromatic rings. The average molecular weight is 178 g/mol. The van der Waals surface area contributed by atoms with E-state index in [-0.39, 0.29) is 9.02 Å². The van der Waals surface area contributed by atoms with Gasteiger partial charge < -0.3 is 9.79 Å². The van der Waals surface area contributed by atoms with Crippen LogP contribution >= 0.6 is 7.60 Å². The second-order valence-corrected chi connectivity index (χ2v) is 3.67. The minimum absolute atomic E-state index is 0. The third-order valence-corrected chi connectivity index (χ3v) is 1.72. The van der Waals surface area contributed by atoms with Crippen molar-refractivity contribution in [2.45, 2.75) is 6.16 Å². The SMILES string of the molecule is O=P(O)(O)Cc1cnccn1.[HH].[HH]. The molecule has 2 N–H and O–H groups in total. The van der Waals surface area contributed by atoms with Crippen molar-refractivity contribution in [1.29, 1.82) is 0 Å². The summed E-state index contributed by atoms with van der Waals surface area (Å²) in [6.07, 6.45) is 3.83. The molecule has 5 nitrogen and oxygen atoms in total. The Bertz CT molecular complexity index is 278. The molecule has 0 fully saturated rings. The van der Waals surface area contributed by atoms with Gasteiger partial charge in [-0.15, -0.1) is 0 Å². The van der Waals surface area contributed by atoms with E-state index in [4.69, 9.17) is 9.79 Å². The molecule has 0 atom stereocenters. The first-order valence-electron chi connectivity index (χ1n) is 2.87. The number of hydrogen-bond acceptors (Lipinski definition) is 3. The summed E-state index contributed by atoms with van der Waals surface area (Å²) in [5.74, 6) is 0. The third-order valence-electron chi connectivity index (χ3n) is 0.985. The van der Waals surface area contributed by atoms with Crippen molar-refractivity contribution in [3.8, 4) is 0 Å². The maximum Gasteiger partial charge on any atom is 0.331 e. The van der Waals surface area contributed by atoms with Gasteiger partial charge in [0.2, 0.25) is 0 Å². The van der Waals surface area contributed by atoms with E-state index >= 15 is 0 Å². The Labute approximate surface area is 66.3 Å². The summed E-state index contributed by atoms with van der Waals surface area (Å²) in [6.45, 7) is 0. The van der Waals surface area contributed by atoms with E-state index in [1.165, 1.54) is 18.6 Å². The molecule has 0 bridgehead atoms. The van der Waals surface area contributed by atoms with Crippen LogP contribution in [0.25, 0.3) is 0 Å². The Hall–Kier alpha value is -0.770. The van der Waals surface area contributed by atoms with Crippen molar-refractivity contribution in [2.24, 2.45) is 0 Å². The van der Waals surface area contributed by atoms with Crippen LogP contribution in [-0.4, -0.2) is 19.8 Å². The Morgan fingerprint density at radius 2 is 2.27 bits per heavy atom. The van der Waals surface area contributed by atoms with Crippen LogP contribution in [0.2, 0.25) is 0 Å². The van der Waals surface area contributed by atoms with E-state index in [1.54, 1.807) is 0 Å². The van der Waals surface area contributed by atoms with Crippen LogP contribution in [0.1, 0.15) is 8.55 Å². The molecular weight excluding hydrogens is 167 g/mol. The predicted molar refractivity (Wildman–Crippen MR) is 42.0 cm³/mol. The van der Waals surface area contributed by atoms with Gasteiger partial charge in [0.05, 0.1) is 11.9 Å². The zero-order valence-electron chi connectivity index (χ0n) is 5.58. The van der Waals surface area contributed by atoms with Gasteiger partial charge in [0, 0.05) is 21.4 Å². The van der Waals surface area contributed by atoms with E-state index in [9.17, 15) is 4.57 Å². The molecular formula is C5H11N2O3P. The monoisotopic (exact) mass is 178 g/mol. The lowest BCUT2D eigenvalue weighted by Gasteiger charge is -2.00. The number of nitrogens with zero attached hydrogens (tertiary/aromatic N) is 2. The smallest absolute Gasteiger partial charge is 0.324 e. The molecule has 1 rings (SSSR count). The summed E-state index contributed by atoms with van der Waals surface area (Å²) < 4.78 is 10.4. The van der Waals surface area contributed by atoms with Crippen LogP contribution in [0.3, 0.4) is 0 Å². The van der Waals surface area contributed by atoms with Gasteiger partial charge in [-0.2, -0.15) is 0 Å². The minimum atomic E-state index is -3.99. The largest absolute Gasteiger partial charge is 0.331 e. The zero-order valence-corrected chi connectivity index (χ0v) is 6.48. The highest BCUT2D eigenvalue weighted by molar-refractivity contribution is 7.50. The molecule has 0 amide bonds. The standard InChI is InChI=1S/C5H7N2O3P.2H2/c8-11(9,10)4-5-3-6-1-2-7-5;;/h1-3H,4H2,(H2,8,9,10);2*1H. The van der Waals surface area contributed by atoms with Crippen LogP contribution in [-0.2, 0) is 10.7 Å². The number of aromatic nitrogens is 2. The van der Waals surface area contributed by atoms with Crippen molar-refractivity contribution in [3.63, 3.8) is 0 Å². The molecule has 0 radical (unpaired) electrons. The normalized spacial score (nSPS) is 11.5. The maximum atomic E-state index is 10.4. The lowest BCUT2D eigenvalue weighted by molar-refractivity contribution is 0.371. The highest BCUT2D eigenvalue weighted by Gasteiger charge is 2.14. The zero-order chi connectivity index (χ0) is 8.32. The fourth-order valence-electron chi connectivity index (χ4n) is 0.623. The fourth-order valence-corrected chi connectivity index (χ4v) is 1.21. The first-order valence-corrected chi connectivity index (χ1v) is 4.67. The molecule has 0 aliphatic carbocycles. The molecule has 0 aliphatic heterocycles. The average Bonchev–Trinajstić information content (AvgIpc) is 1.85. The van der Waals surface area contributed by atoms with Crippen LogP contribution in [0.4, 0.5) is 0 Å². The van der Waals surface area contributed by atoms with Crippen molar-refractivity contribution in [2.75, 3.05) is 0 Å². The van der Waals surface area contributed by atoms with Crippen LogP contribution in [0, 0.1) is 0 Å². The summed E-state index contributed by atoms with van der Waals surface area (Å²) in [4.78, 5) is 24.4. The lowest BCUT2D eigenvalue weighted by Crippen LogP contribution is -1.90. The molecule has 0 aliphatic rings. The molecule has 0 aromatic carbocycles. The van der Waals surface area contributed by atoms with E-state index in [0.29, 0.717) is 5.69 Å². The van der Waals surface area contributed by atoms with Gasteiger partial charge in [0.1, 0.15) is 0 Å². The molecule has 6 heteroatoms. The van der Waals surface area contributed by atoms with Gasteiger partial charge >= 0.3 is 7.60 Å². The molecule has 1 aromatic heterocycles. The van der Waals surface area contributed by atoms with Crippen LogP contribution in [0.15, 0.2) is 18.6 Å². The number of rotatable bonds is 2. The first-order chi connectivity index (χ1) is 5.08. The second-order valence-electron chi connectivity index (χ2n) is 2.02. The van der Waals surface area contributed by atoms with Crippen molar-refractivity contribution < 1.29 is 17.2 Å². The maximum absolute atomic E-state index is 10.4. The Kier molecular flexibility index (Phi) is 2.34. The van der Waals surface area contributed by atoms with Crippen molar-refractivity contribution in [3.05, 3.63) is 24.3 Å². The molecule has 0 saturated carbocycles. The highest BCUT2D eigenvalue weighted by atomic mass is 31.2. The summed E-state index contributed by atoms with van der Waals surface area (Å²) in [6, 6.07) is 0. The van der Waals surface area contributed by atoms with E-state index < -0.39 is 7.60 Å². The minimum Gasteiger partial charge on any atom is -0.324 e. The fraction of sp³-hybridized carbons (Fsp3) is 0.200. The molecule has 64 valence electrons. The van der Waals surface area contributed by atoms with E-state index in [2.05, 4.69) is 9.97 Å². The van der Waals surface area contributed by atoms with Gasteiger partial charge in [0.15, 0.2) is 0 Å². The van der Waals surface area contributed by atoms with Crippen LogP contribution in [0.5, 0.6) is 0 Å². The Balaban J connectivity index is 0. The number of hydrogen-bond donors (Lipinski definition) is 2. The molecule has 1 heterocycles. The first kappa shape index (κ1) is 8.33. The van der Waals surface area contributed by atoms with Crippen LogP contribution < -0.4 is 0 Å². The summed E-state index contributed by atoms with van der Waals surface area (Å²) >= 11 is 0. The second kappa shape index (κ2) is 3.09. The van der Waals surface area contributed by atoms with Gasteiger partial charge in [-0.05, 0) is 0 Å². The third kappa shape index (κ3) is 3.23. The lowest BCUT2D eigenvalue weighted by atomic mass is 10.5. The van der Waals surface area contributed by atoms with E-state index in [1.807, 2.05) is 0 Å². The summed E-state index contributed by atoms with van der Waals surface area (Å²) in [7, 11) is -3.99. The van der Waals surface area contributed by atoms with Crippen molar-refractivity contribution >= 4 is 7.60 Å². The van der Waals surface area contributed by atoms with Gasteiger partial charge in [0.25, 0.3) is 0 Å².